The quantitative estimate of drug-likeness (QED) is 0.383. The fraction of sp³-hybridized carbons (Fsp3) is 0. The zero-order valence-corrected chi connectivity index (χ0v) is 15.5. The zero-order valence-electron chi connectivity index (χ0n) is 13.8. The van der Waals surface area contributed by atoms with E-state index >= 15 is 0 Å². The van der Waals surface area contributed by atoms with Crippen molar-refractivity contribution < 1.29 is 9.21 Å². The first-order valence-corrected chi connectivity index (χ1v) is 9.80. The van der Waals surface area contributed by atoms with Gasteiger partial charge in [-0.3, -0.25) is 9.78 Å². The fourth-order valence-electron chi connectivity index (χ4n) is 2.74. The van der Waals surface area contributed by atoms with E-state index in [0.717, 1.165) is 32.5 Å². The highest BCUT2D eigenvalue weighted by Gasteiger charge is 2.20. The molecule has 3 aromatic heterocycles. The molecule has 0 radical (unpaired) electrons. The molecule has 5 nitrogen and oxygen atoms in total. The zero-order chi connectivity index (χ0) is 18.2. The van der Waals surface area contributed by atoms with Crippen LogP contribution in [0.4, 0.5) is 0 Å². The first-order valence-electron chi connectivity index (χ1n) is 8.17. The van der Waals surface area contributed by atoms with Crippen molar-refractivity contribution in [3.8, 4) is 10.7 Å². The van der Waals surface area contributed by atoms with Gasteiger partial charge in [0, 0.05) is 18.0 Å². The van der Waals surface area contributed by atoms with E-state index in [2.05, 4.69) is 15.0 Å². The molecule has 7 heteroatoms. The highest BCUT2D eigenvalue weighted by atomic mass is 32.2. The molecule has 0 N–H and O–H groups in total. The Kier molecular flexibility index (Phi) is 3.95. The summed E-state index contributed by atoms with van der Waals surface area (Å²) in [5.41, 5.74) is 3.35. The maximum atomic E-state index is 12.9. The van der Waals surface area contributed by atoms with Crippen LogP contribution in [-0.2, 0) is 0 Å². The molecule has 0 fully saturated rings. The third kappa shape index (κ3) is 3.01. The van der Waals surface area contributed by atoms with Crippen LogP contribution >= 0.6 is 23.1 Å². The molecule has 0 atom stereocenters. The van der Waals surface area contributed by atoms with E-state index in [9.17, 15) is 4.79 Å². The van der Waals surface area contributed by atoms with E-state index < -0.39 is 0 Å². The molecular weight excluding hydrogens is 378 g/mol. The van der Waals surface area contributed by atoms with Crippen molar-refractivity contribution in [1.29, 1.82) is 0 Å². The lowest BCUT2D eigenvalue weighted by molar-refractivity contribution is 0.108. The van der Waals surface area contributed by atoms with Gasteiger partial charge in [0.2, 0.25) is 5.12 Å². The molecule has 0 unspecified atom stereocenters. The molecular formula is C20H11N3O2S2. The molecule has 0 aliphatic rings. The van der Waals surface area contributed by atoms with Gasteiger partial charge in [0.1, 0.15) is 16.2 Å². The predicted molar refractivity (Wildman–Crippen MR) is 107 cm³/mol. The third-order valence-electron chi connectivity index (χ3n) is 3.98. The maximum absolute atomic E-state index is 12.9. The van der Waals surface area contributed by atoms with Gasteiger partial charge in [-0.1, -0.05) is 24.3 Å². The molecule has 3 heterocycles. The Balaban J connectivity index is 1.52. The normalized spacial score (nSPS) is 11.3. The van der Waals surface area contributed by atoms with E-state index in [4.69, 9.17) is 4.42 Å². The van der Waals surface area contributed by atoms with Gasteiger partial charge in [-0.15, -0.1) is 11.3 Å². The maximum Gasteiger partial charge on any atom is 0.264 e. The van der Waals surface area contributed by atoms with Gasteiger partial charge in [-0.05, 0) is 36.4 Å². The molecule has 0 aliphatic carbocycles. The van der Waals surface area contributed by atoms with Crippen LogP contribution in [0.15, 0.2) is 76.5 Å². The lowest BCUT2D eigenvalue weighted by Gasteiger charge is -2.03. The number of carbonyl (C=O) groups excluding carboxylic acids is 1. The second kappa shape index (κ2) is 6.61. The van der Waals surface area contributed by atoms with Crippen molar-refractivity contribution in [2.24, 2.45) is 0 Å². The van der Waals surface area contributed by atoms with Crippen LogP contribution in [0.25, 0.3) is 32.0 Å². The number of thiazole rings is 1. The smallest absolute Gasteiger partial charge is 0.264 e. The third-order valence-corrected chi connectivity index (χ3v) is 5.78. The number of thioether (sulfide) groups is 1. The summed E-state index contributed by atoms with van der Waals surface area (Å²) in [4.78, 5) is 26.3. The van der Waals surface area contributed by atoms with Crippen molar-refractivity contribution in [1.82, 2.24) is 15.0 Å². The average Bonchev–Trinajstić information content (AvgIpc) is 3.31. The number of carbonyl (C=O) groups is 1. The Labute approximate surface area is 162 Å². The number of hydrogen-bond donors (Lipinski definition) is 0. The summed E-state index contributed by atoms with van der Waals surface area (Å²) >= 11 is 2.48. The number of aromatic nitrogens is 3. The molecule has 27 heavy (non-hydrogen) atoms. The van der Waals surface area contributed by atoms with Gasteiger partial charge in [0.05, 0.1) is 15.8 Å². The SMILES string of the molecule is O=C(Sc1nc2ccccc2o1)c1cccnc1-c1nc2ccccc2s1. The first-order chi connectivity index (χ1) is 13.3. The molecule has 0 amide bonds. The number of nitrogens with zero attached hydrogens (tertiary/aromatic N) is 3. The first kappa shape index (κ1) is 16.2. The van der Waals surface area contributed by atoms with E-state index in [-0.39, 0.29) is 5.12 Å². The van der Waals surface area contributed by atoms with Crippen molar-refractivity contribution >= 4 is 49.5 Å². The van der Waals surface area contributed by atoms with Crippen LogP contribution in [0.2, 0.25) is 0 Å². The van der Waals surface area contributed by atoms with Gasteiger partial charge >= 0.3 is 0 Å². The van der Waals surface area contributed by atoms with Gasteiger partial charge in [-0.2, -0.15) is 0 Å². The Morgan fingerprint density at radius 3 is 2.59 bits per heavy atom. The highest BCUT2D eigenvalue weighted by molar-refractivity contribution is 8.14. The number of para-hydroxylation sites is 3. The van der Waals surface area contributed by atoms with Crippen molar-refractivity contribution in [2.45, 2.75) is 5.22 Å². The highest BCUT2D eigenvalue weighted by Crippen LogP contribution is 2.33. The summed E-state index contributed by atoms with van der Waals surface area (Å²) < 4.78 is 6.71. The van der Waals surface area contributed by atoms with E-state index in [1.807, 2.05) is 48.5 Å². The molecule has 130 valence electrons. The number of rotatable bonds is 3. The van der Waals surface area contributed by atoms with Crippen LogP contribution < -0.4 is 0 Å². The van der Waals surface area contributed by atoms with Gasteiger partial charge in [-0.25, -0.2) is 9.97 Å². The number of fused-ring (bicyclic) bond motifs is 2. The summed E-state index contributed by atoms with van der Waals surface area (Å²) in [6.45, 7) is 0. The van der Waals surface area contributed by atoms with Crippen molar-refractivity contribution in [3.63, 3.8) is 0 Å². The average molecular weight is 389 g/mol. The van der Waals surface area contributed by atoms with Crippen LogP contribution in [0.5, 0.6) is 0 Å². The summed E-state index contributed by atoms with van der Waals surface area (Å²) in [7, 11) is 0. The lowest BCUT2D eigenvalue weighted by atomic mass is 10.2. The minimum absolute atomic E-state index is 0.177. The van der Waals surface area contributed by atoms with E-state index in [1.54, 1.807) is 18.3 Å². The topological polar surface area (TPSA) is 68.9 Å². The van der Waals surface area contributed by atoms with Gasteiger partial charge in [0.25, 0.3) is 5.22 Å². The van der Waals surface area contributed by atoms with Crippen molar-refractivity contribution in [2.75, 3.05) is 0 Å². The van der Waals surface area contributed by atoms with Gasteiger partial charge < -0.3 is 4.42 Å². The standard InChI is InChI=1S/C20H11N3O2S2/c24-19(27-20-23-13-7-1-3-9-15(13)25-20)12-6-5-11-21-17(12)18-22-14-8-2-4-10-16(14)26-18/h1-11H. The van der Waals surface area contributed by atoms with E-state index in [0.29, 0.717) is 22.1 Å². The minimum atomic E-state index is -0.177. The Bertz CT molecular complexity index is 1230. The van der Waals surface area contributed by atoms with Crippen LogP contribution in [0, 0.1) is 0 Å². The molecule has 5 rings (SSSR count). The fourth-order valence-corrected chi connectivity index (χ4v) is 4.43. The van der Waals surface area contributed by atoms with Crippen LogP contribution in [0.3, 0.4) is 0 Å². The number of oxazole rings is 1. The number of hydrogen-bond acceptors (Lipinski definition) is 7. The molecule has 0 saturated carbocycles. The number of pyridine rings is 1. The van der Waals surface area contributed by atoms with Crippen LogP contribution in [0.1, 0.15) is 10.4 Å². The largest absolute Gasteiger partial charge is 0.431 e. The molecule has 0 aliphatic heterocycles. The Morgan fingerprint density at radius 1 is 0.926 bits per heavy atom. The Hall–Kier alpha value is -3.03. The molecule has 5 aromatic rings. The summed E-state index contributed by atoms with van der Waals surface area (Å²) in [6.07, 6.45) is 1.67. The molecule has 0 spiro atoms. The van der Waals surface area contributed by atoms with E-state index in [1.165, 1.54) is 11.3 Å². The second-order valence-electron chi connectivity index (χ2n) is 5.72. The second-order valence-corrected chi connectivity index (χ2v) is 7.68. The Morgan fingerprint density at radius 2 is 1.74 bits per heavy atom. The monoisotopic (exact) mass is 389 g/mol. The molecule has 0 saturated heterocycles. The van der Waals surface area contributed by atoms with Gasteiger partial charge in [0.15, 0.2) is 5.58 Å². The lowest BCUT2D eigenvalue weighted by Crippen LogP contribution is -1.99. The summed E-state index contributed by atoms with van der Waals surface area (Å²) in [5.74, 6) is 0. The predicted octanol–water partition coefficient (Wildman–Crippen LogP) is 5.43. The van der Waals surface area contributed by atoms with Crippen molar-refractivity contribution in [3.05, 3.63) is 72.4 Å². The summed E-state index contributed by atoms with van der Waals surface area (Å²) in [6, 6.07) is 18.8. The van der Waals surface area contributed by atoms with Crippen LogP contribution in [-0.4, -0.2) is 20.1 Å². The minimum Gasteiger partial charge on any atom is -0.431 e. The summed E-state index contributed by atoms with van der Waals surface area (Å²) in [5, 5.41) is 0.863. The molecule has 2 aromatic carbocycles. The molecule has 0 bridgehead atoms. The number of benzene rings is 2.